The number of nitrogens with one attached hydrogen (secondary N) is 1. The van der Waals surface area contributed by atoms with E-state index in [1.165, 1.54) is 12.1 Å². The maximum Gasteiger partial charge on any atom is 0.513 e. The SMILES string of the molecule is O=C(OCC[n+]1cc[nH]c1)Oc1ccc(S(=O)(=O)O)cc1. The third-order valence-electron chi connectivity index (χ3n) is 2.49. The first-order chi connectivity index (χ1) is 9.95. The van der Waals surface area contributed by atoms with Crippen molar-refractivity contribution in [3.63, 3.8) is 0 Å². The fraction of sp³-hybridized carbons (Fsp3) is 0.167. The lowest BCUT2D eigenvalue weighted by Gasteiger charge is -2.05. The molecule has 2 rings (SSSR count). The molecule has 112 valence electrons. The van der Waals surface area contributed by atoms with E-state index in [0.717, 1.165) is 12.1 Å². The second kappa shape index (κ2) is 6.37. The summed E-state index contributed by atoms with van der Waals surface area (Å²) in [5.41, 5.74) is 0. The van der Waals surface area contributed by atoms with E-state index < -0.39 is 16.3 Å². The monoisotopic (exact) mass is 313 g/mol. The van der Waals surface area contributed by atoms with Crippen molar-refractivity contribution in [3.8, 4) is 5.75 Å². The maximum atomic E-state index is 11.4. The van der Waals surface area contributed by atoms with Gasteiger partial charge < -0.3 is 9.47 Å². The number of nitrogens with zero attached hydrogens (tertiary/aromatic N) is 1. The summed E-state index contributed by atoms with van der Waals surface area (Å²) < 4.78 is 42.0. The molecule has 2 aromatic rings. The van der Waals surface area contributed by atoms with Gasteiger partial charge in [-0.25, -0.2) is 9.36 Å². The summed E-state index contributed by atoms with van der Waals surface area (Å²) in [6.07, 6.45) is 4.33. The van der Waals surface area contributed by atoms with Crippen LogP contribution in [0.2, 0.25) is 0 Å². The number of aromatic amines is 1. The van der Waals surface area contributed by atoms with Crippen molar-refractivity contribution < 1.29 is 31.8 Å². The standard InChI is InChI=1S/C12H12N2O6S/c15-12(19-8-7-14-6-5-13-9-14)20-10-1-3-11(4-2-10)21(16,17)18/h1-6,9H,7-8H2,(H,16,17,18)/p+1. The van der Waals surface area contributed by atoms with Crippen LogP contribution in [-0.4, -0.2) is 30.7 Å². The molecule has 1 aromatic carbocycles. The number of aromatic nitrogens is 2. The van der Waals surface area contributed by atoms with E-state index in [2.05, 4.69) is 4.98 Å². The van der Waals surface area contributed by atoms with Gasteiger partial charge in [0, 0.05) is 0 Å². The third-order valence-corrected chi connectivity index (χ3v) is 3.36. The van der Waals surface area contributed by atoms with Crippen LogP contribution in [0, 0.1) is 0 Å². The first kappa shape index (κ1) is 15.0. The minimum Gasteiger partial charge on any atom is -0.430 e. The predicted molar refractivity (Wildman–Crippen MR) is 69.2 cm³/mol. The third kappa shape index (κ3) is 4.58. The van der Waals surface area contributed by atoms with Crippen LogP contribution in [0.4, 0.5) is 4.79 Å². The van der Waals surface area contributed by atoms with E-state index in [0.29, 0.717) is 6.54 Å². The van der Waals surface area contributed by atoms with Gasteiger partial charge in [0.2, 0.25) is 6.33 Å². The van der Waals surface area contributed by atoms with Crippen LogP contribution in [0.25, 0.3) is 0 Å². The van der Waals surface area contributed by atoms with E-state index in [4.69, 9.17) is 14.0 Å². The molecule has 0 saturated heterocycles. The van der Waals surface area contributed by atoms with Crippen LogP contribution in [0.3, 0.4) is 0 Å². The summed E-state index contributed by atoms with van der Waals surface area (Å²) in [4.78, 5) is 14.0. The van der Waals surface area contributed by atoms with Gasteiger partial charge in [-0.05, 0) is 24.3 Å². The lowest BCUT2D eigenvalue weighted by molar-refractivity contribution is -0.696. The fourth-order valence-corrected chi connectivity index (χ4v) is 1.98. The number of rotatable bonds is 5. The summed E-state index contributed by atoms with van der Waals surface area (Å²) in [5, 5.41) is 0. The van der Waals surface area contributed by atoms with Crippen molar-refractivity contribution in [1.82, 2.24) is 4.98 Å². The molecule has 1 aromatic heterocycles. The number of carbonyl (C=O) groups is 1. The first-order valence-electron chi connectivity index (χ1n) is 5.89. The first-order valence-corrected chi connectivity index (χ1v) is 7.33. The molecule has 0 fully saturated rings. The lowest BCUT2D eigenvalue weighted by atomic mass is 10.3. The summed E-state index contributed by atoms with van der Waals surface area (Å²) in [6.45, 7) is 0.602. The minimum absolute atomic E-state index is 0.113. The zero-order chi connectivity index (χ0) is 15.3. The van der Waals surface area contributed by atoms with Crippen molar-refractivity contribution in [1.29, 1.82) is 0 Å². The van der Waals surface area contributed by atoms with Gasteiger partial charge in [-0.1, -0.05) is 0 Å². The summed E-state index contributed by atoms with van der Waals surface area (Å²) >= 11 is 0. The molecule has 0 aliphatic rings. The highest BCUT2D eigenvalue weighted by Crippen LogP contribution is 2.16. The Kier molecular flexibility index (Phi) is 4.55. The van der Waals surface area contributed by atoms with Gasteiger partial charge in [0.15, 0.2) is 0 Å². The van der Waals surface area contributed by atoms with Gasteiger partial charge in [-0.3, -0.25) is 9.54 Å². The zero-order valence-corrected chi connectivity index (χ0v) is 11.6. The van der Waals surface area contributed by atoms with Gasteiger partial charge in [0.25, 0.3) is 10.1 Å². The fourth-order valence-electron chi connectivity index (χ4n) is 1.50. The smallest absolute Gasteiger partial charge is 0.430 e. The molecule has 1 heterocycles. The molecule has 21 heavy (non-hydrogen) atoms. The molecule has 2 N–H and O–H groups in total. The number of imidazole rings is 1. The van der Waals surface area contributed by atoms with Crippen LogP contribution in [0.15, 0.2) is 47.9 Å². The Labute approximate surface area is 120 Å². The Morgan fingerprint density at radius 2 is 2.00 bits per heavy atom. The molecule has 0 bridgehead atoms. The molecule has 9 heteroatoms. The molecule has 0 radical (unpaired) electrons. The molecule has 0 spiro atoms. The summed E-state index contributed by atoms with van der Waals surface area (Å²) in [6, 6.07) is 4.72. The number of carbonyl (C=O) groups excluding carboxylic acids is 1. The Bertz CT molecular complexity index is 694. The predicted octanol–water partition coefficient (Wildman–Crippen LogP) is 0.764. The number of H-pyrrole nitrogens is 1. The summed E-state index contributed by atoms with van der Waals surface area (Å²) in [7, 11) is -4.26. The van der Waals surface area contributed by atoms with Gasteiger partial charge in [0.05, 0.1) is 4.90 Å². The number of hydrogen-bond acceptors (Lipinski definition) is 5. The van der Waals surface area contributed by atoms with E-state index in [1.807, 2.05) is 0 Å². The topological polar surface area (TPSA) is 110 Å². The molecular weight excluding hydrogens is 300 g/mol. The Morgan fingerprint density at radius 1 is 1.29 bits per heavy atom. The number of ether oxygens (including phenoxy) is 2. The van der Waals surface area contributed by atoms with Gasteiger partial charge >= 0.3 is 6.16 Å². The highest BCUT2D eigenvalue weighted by Gasteiger charge is 2.11. The quantitative estimate of drug-likeness (QED) is 0.365. The average Bonchev–Trinajstić information content (AvgIpc) is 2.91. The van der Waals surface area contributed by atoms with Crippen LogP contribution in [0.5, 0.6) is 5.75 Å². The molecule has 8 nitrogen and oxygen atoms in total. The van der Waals surface area contributed by atoms with Crippen molar-refractivity contribution >= 4 is 16.3 Å². The number of benzene rings is 1. The van der Waals surface area contributed by atoms with E-state index in [9.17, 15) is 13.2 Å². The van der Waals surface area contributed by atoms with Crippen LogP contribution in [-0.2, 0) is 21.4 Å². The highest BCUT2D eigenvalue weighted by atomic mass is 32.2. The van der Waals surface area contributed by atoms with Crippen molar-refractivity contribution in [2.45, 2.75) is 11.4 Å². The van der Waals surface area contributed by atoms with E-state index in [-0.39, 0.29) is 17.3 Å². The van der Waals surface area contributed by atoms with Gasteiger partial charge in [-0.15, -0.1) is 0 Å². The molecule has 0 atom stereocenters. The zero-order valence-electron chi connectivity index (χ0n) is 10.8. The minimum atomic E-state index is -4.26. The average molecular weight is 313 g/mol. The lowest BCUT2D eigenvalue weighted by Crippen LogP contribution is -2.33. The Balaban J connectivity index is 1.82. The van der Waals surface area contributed by atoms with Crippen LogP contribution >= 0.6 is 0 Å². The van der Waals surface area contributed by atoms with Gasteiger partial charge in [-0.2, -0.15) is 8.42 Å². The molecule has 0 saturated carbocycles. The molecule has 0 aliphatic carbocycles. The molecule has 0 aliphatic heterocycles. The van der Waals surface area contributed by atoms with Gasteiger partial charge in [0.1, 0.15) is 31.3 Å². The maximum absolute atomic E-state index is 11.4. The largest absolute Gasteiger partial charge is 0.513 e. The van der Waals surface area contributed by atoms with Crippen LogP contribution < -0.4 is 9.30 Å². The summed E-state index contributed by atoms with van der Waals surface area (Å²) in [5.74, 6) is 0.113. The van der Waals surface area contributed by atoms with Crippen molar-refractivity contribution in [3.05, 3.63) is 43.0 Å². The Hall–Kier alpha value is -2.39. The number of hydrogen-bond donors (Lipinski definition) is 2. The molecule has 0 amide bonds. The van der Waals surface area contributed by atoms with Crippen molar-refractivity contribution in [2.75, 3.05) is 6.61 Å². The molecular formula is C12H13N2O6S+. The second-order valence-electron chi connectivity index (χ2n) is 4.00. The normalized spacial score (nSPS) is 11.1. The van der Waals surface area contributed by atoms with Crippen molar-refractivity contribution in [2.24, 2.45) is 0 Å². The highest BCUT2D eigenvalue weighted by molar-refractivity contribution is 7.85. The molecule has 0 unspecified atom stereocenters. The van der Waals surface area contributed by atoms with E-state index >= 15 is 0 Å². The van der Waals surface area contributed by atoms with E-state index in [1.54, 1.807) is 23.3 Å². The Morgan fingerprint density at radius 3 is 2.57 bits per heavy atom. The second-order valence-corrected chi connectivity index (χ2v) is 5.42. The van der Waals surface area contributed by atoms with Crippen LogP contribution in [0.1, 0.15) is 0 Å².